The molecule has 0 aliphatic carbocycles. The smallest absolute Gasteiger partial charge is 0.417 e. The van der Waals surface area contributed by atoms with Crippen LogP contribution in [0.15, 0.2) is 18.2 Å². The first-order valence-corrected chi connectivity index (χ1v) is 7.04. The van der Waals surface area contributed by atoms with Crippen molar-refractivity contribution in [2.24, 2.45) is 5.73 Å². The lowest BCUT2D eigenvalue weighted by molar-refractivity contribution is -0.137. The number of alkyl halides is 3. The third-order valence-electron chi connectivity index (χ3n) is 3.53. The summed E-state index contributed by atoms with van der Waals surface area (Å²) in [7, 11) is 2.01. The molecule has 1 aromatic rings. The zero-order chi connectivity index (χ0) is 15.6. The average molecular weight is 318 g/mol. The average Bonchev–Trinajstić information content (AvgIpc) is 2.40. The Morgan fingerprint density at radius 3 is 2.48 bits per heavy atom. The Morgan fingerprint density at radius 1 is 1.33 bits per heavy atom. The molecule has 21 heavy (non-hydrogen) atoms. The Kier molecular flexibility index (Phi) is 4.73. The lowest BCUT2D eigenvalue weighted by Crippen LogP contribution is -2.35. The van der Waals surface area contributed by atoms with E-state index in [1.165, 1.54) is 12.1 Å². The van der Waals surface area contributed by atoms with Crippen LogP contribution in [0.5, 0.6) is 5.75 Å². The number of thiocarbonyl (C=S) groups is 1. The number of likely N-dealkylation sites (tertiary alicyclic amines) is 1. The molecule has 0 atom stereocenters. The van der Waals surface area contributed by atoms with E-state index >= 15 is 0 Å². The van der Waals surface area contributed by atoms with Crippen LogP contribution in [0.2, 0.25) is 0 Å². The van der Waals surface area contributed by atoms with Crippen molar-refractivity contribution in [1.82, 2.24) is 4.90 Å². The minimum atomic E-state index is -4.51. The number of halogens is 3. The van der Waals surface area contributed by atoms with Crippen molar-refractivity contribution in [3.05, 3.63) is 29.3 Å². The molecule has 2 N–H and O–H groups in total. The van der Waals surface area contributed by atoms with Crippen molar-refractivity contribution >= 4 is 17.2 Å². The number of hydrogen-bond donors (Lipinski definition) is 1. The Morgan fingerprint density at radius 2 is 1.95 bits per heavy atom. The molecule has 1 aliphatic rings. The first kappa shape index (κ1) is 16.0. The fourth-order valence-corrected chi connectivity index (χ4v) is 2.52. The molecule has 0 amide bonds. The highest BCUT2D eigenvalue weighted by Gasteiger charge is 2.34. The van der Waals surface area contributed by atoms with Crippen molar-refractivity contribution < 1.29 is 17.9 Å². The summed E-state index contributed by atoms with van der Waals surface area (Å²) in [4.78, 5) is 1.89. The van der Waals surface area contributed by atoms with E-state index < -0.39 is 11.7 Å². The Hall–Kier alpha value is -1.34. The molecule has 0 radical (unpaired) electrons. The minimum absolute atomic E-state index is 0.0574. The molecule has 0 aromatic heterocycles. The summed E-state index contributed by atoms with van der Waals surface area (Å²) >= 11 is 4.67. The number of ether oxygens (including phenoxy) is 1. The first-order valence-electron chi connectivity index (χ1n) is 6.63. The maximum atomic E-state index is 13.0. The number of piperidine rings is 1. The van der Waals surface area contributed by atoms with Crippen LogP contribution in [0, 0.1) is 0 Å². The van der Waals surface area contributed by atoms with Crippen LogP contribution in [0.1, 0.15) is 24.0 Å². The quantitative estimate of drug-likeness (QED) is 0.870. The zero-order valence-electron chi connectivity index (χ0n) is 11.6. The van der Waals surface area contributed by atoms with E-state index in [0.29, 0.717) is 0 Å². The molecule has 2 rings (SSSR count). The molecular weight excluding hydrogens is 301 g/mol. The van der Waals surface area contributed by atoms with Gasteiger partial charge in [-0.15, -0.1) is 0 Å². The Bertz CT molecular complexity index is 525. The highest BCUT2D eigenvalue weighted by molar-refractivity contribution is 7.80. The van der Waals surface area contributed by atoms with Gasteiger partial charge in [0, 0.05) is 18.7 Å². The third-order valence-corrected chi connectivity index (χ3v) is 3.75. The van der Waals surface area contributed by atoms with E-state index in [-0.39, 0.29) is 22.4 Å². The summed E-state index contributed by atoms with van der Waals surface area (Å²) < 4.78 is 44.8. The molecule has 1 aromatic carbocycles. The molecule has 0 unspecified atom stereocenters. The molecule has 1 fully saturated rings. The van der Waals surface area contributed by atoms with Crippen molar-refractivity contribution in [3.8, 4) is 5.75 Å². The second kappa shape index (κ2) is 6.19. The van der Waals surface area contributed by atoms with Gasteiger partial charge in [0.1, 0.15) is 16.8 Å². The van der Waals surface area contributed by atoms with Gasteiger partial charge in [-0.2, -0.15) is 13.2 Å². The lowest BCUT2D eigenvalue weighted by Gasteiger charge is -2.29. The van der Waals surface area contributed by atoms with Gasteiger partial charge in [-0.3, -0.25) is 0 Å². The molecule has 116 valence electrons. The highest BCUT2D eigenvalue weighted by atomic mass is 32.1. The summed E-state index contributed by atoms with van der Waals surface area (Å²) in [5, 5.41) is 0. The summed E-state index contributed by atoms with van der Waals surface area (Å²) in [5.41, 5.74) is 4.33. The maximum absolute atomic E-state index is 13.0. The van der Waals surface area contributed by atoms with Crippen molar-refractivity contribution in [2.75, 3.05) is 20.1 Å². The van der Waals surface area contributed by atoms with Gasteiger partial charge < -0.3 is 15.4 Å². The predicted octanol–water partition coefficient (Wildman–Crippen LogP) is 2.81. The van der Waals surface area contributed by atoms with Gasteiger partial charge in [-0.25, -0.2) is 0 Å². The topological polar surface area (TPSA) is 38.5 Å². The molecule has 0 spiro atoms. The third kappa shape index (κ3) is 4.07. The second-order valence-corrected chi connectivity index (χ2v) is 5.63. The van der Waals surface area contributed by atoms with Gasteiger partial charge in [-0.05, 0) is 38.1 Å². The molecule has 1 saturated heterocycles. The minimum Gasteiger partial charge on any atom is -0.490 e. The van der Waals surface area contributed by atoms with Gasteiger partial charge in [0.2, 0.25) is 0 Å². The first-order chi connectivity index (χ1) is 9.77. The van der Waals surface area contributed by atoms with Crippen molar-refractivity contribution in [2.45, 2.75) is 25.1 Å². The second-order valence-electron chi connectivity index (χ2n) is 5.19. The fraction of sp³-hybridized carbons (Fsp3) is 0.500. The van der Waals surface area contributed by atoms with Crippen LogP contribution >= 0.6 is 12.2 Å². The lowest BCUT2D eigenvalue weighted by atomic mass is 10.1. The molecule has 0 bridgehead atoms. The van der Waals surface area contributed by atoms with Gasteiger partial charge in [-0.1, -0.05) is 12.2 Å². The molecule has 3 nitrogen and oxygen atoms in total. The summed E-state index contributed by atoms with van der Waals surface area (Å²) in [5.74, 6) is 0.205. The van der Waals surface area contributed by atoms with Gasteiger partial charge in [0.05, 0.1) is 5.56 Å². The van der Waals surface area contributed by atoms with Crippen LogP contribution in [-0.4, -0.2) is 36.1 Å². The van der Waals surface area contributed by atoms with Crippen LogP contribution in [-0.2, 0) is 6.18 Å². The van der Waals surface area contributed by atoms with Crippen LogP contribution in [0.3, 0.4) is 0 Å². The van der Waals surface area contributed by atoms with Crippen LogP contribution in [0.25, 0.3) is 0 Å². The van der Waals surface area contributed by atoms with E-state index in [0.717, 1.165) is 32.0 Å². The van der Waals surface area contributed by atoms with Crippen molar-refractivity contribution in [1.29, 1.82) is 0 Å². The Balaban J connectivity index is 2.20. The van der Waals surface area contributed by atoms with E-state index in [1.54, 1.807) is 0 Å². The summed E-state index contributed by atoms with van der Waals surface area (Å²) in [6.07, 6.45) is -2.97. The summed E-state index contributed by atoms with van der Waals surface area (Å²) in [6.45, 7) is 1.75. The maximum Gasteiger partial charge on any atom is 0.417 e. The van der Waals surface area contributed by atoms with E-state index in [1.807, 2.05) is 7.05 Å². The monoisotopic (exact) mass is 318 g/mol. The van der Waals surface area contributed by atoms with Crippen molar-refractivity contribution in [3.63, 3.8) is 0 Å². The number of rotatable bonds is 3. The van der Waals surface area contributed by atoms with Gasteiger partial charge in [0.15, 0.2) is 0 Å². The van der Waals surface area contributed by atoms with Crippen LogP contribution < -0.4 is 10.5 Å². The van der Waals surface area contributed by atoms with Gasteiger partial charge >= 0.3 is 6.18 Å². The number of nitrogens with two attached hydrogens (primary N) is 1. The number of benzene rings is 1. The fourth-order valence-electron chi connectivity index (χ4n) is 2.34. The number of nitrogens with zero attached hydrogens (tertiary/aromatic N) is 1. The molecular formula is C14H17F3N2OS. The Labute approximate surface area is 126 Å². The molecule has 1 heterocycles. The predicted molar refractivity (Wildman–Crippen MR) is 78.5 cm³/mol. The SMILES string of the molecule is CN1CCC(Oc2ccc(C(N)=S)c(C(F)(F)F)c2)CC1. The normalized spacial score (nSPS) is 17.7. The zero-order valence-corrected chi connectivity index (χ0v) is 12.4. The largest absolute Gasteiger partial charge is 0.490 e. The molecule has 7 heteroatoms. The highest BCUT2D eigenvalue weighted by Crippen LogP contribution is 2.35. The summed E-state index contributed by atoms with van der Waals surface area (Å²) in [6, 6.07) is 3.74. The van der Waals surface area contributed by atoms with E-state index in [2.05, 4.69) is 17.1 Å². The number of hydrogen-bond acceptors (Lipinski definition) is 3. The van der Waals surface area contributed by atoms with E-state index in [9.17, 15) is 13.2 Å². The van der Waals surface area contributed by atoms with E-state index in [4.69, 9.17) is 10.5 Å². The molecule has 1 aliphatic heterocycles. The van der Waals surface area contributed by atoms with Crippen LogP contribution in [0.4, 0.5) is 13.2 Å². The standard InChI is InChI=1S/C14H17F3N2OS/c1-19-6-4-9(5-7-19)20-10-2-3-11(13(18)21)12(8-10)14(15,16)17/h2-3,8-9H,4-7H2,1H3,(H2,18,21). The van der Waals surface area contributed by atoms with Gasteiger partial charge in [0.25, 0.3) is 0 Å². The molecule has 0 saturated carbocycles.